The van der Waals surface area contributed by atoms with Crippen molar-refractivity contribution in [2.45, 2.75) is 43.8 Å². The van der Waals surface area contributed by atoms with E-state index in [0.29, 0.717) is 17.5 Å². The minimum Gasteiger partial charge on any atom is -0.368 e. The summed E-state index contributed by atoms with van der Waals surface area (Å²) >= 11 is 0.276. The highest BCUT2D eigenvalue weighted by Crippen LogP contribution is 2.28. The third-order valence-corrected chi connectivity index (χ3v) is 4.65. The van der Waals surface area contributed by atoms with Crippen LogP contribution < -0.4 is 11.1 Å². The van der Waals surface area contributed by atoms with Gasteiger partial charge in [-0.05, 0) is 29.8 Å². The number of para-hydroxylation sites is 2. The highest BCUT2D eigenvalue weighted by molar-refractivity contribution is 7.99. The van der Waals surface area contributed by atoms with E-state index in [1.807, 2.05) is 6.92 Å². The van der Waals surface area contributed by atoms with Crippen molar-refractivity contribution in [2.75, 3.05) is 0 Å². The van der Waals surface area contributed by atoms with Gasteiger partial charge in [0.05, 0.1) is 11.0 Å². The van der Waals surface area contributed by atoms with Crippen molar-refractivity contribution >= 4 is 34.6 Å². The second-order valence-electron chi connectivity index (χ2n) is 5.68. The number of hydrogen-bond acceptors (Lipinski definition) is 4. The van der Waals surface area contributed by atoms with E-state index in [1.165, 1.54) is 4.57 Å². The monoisotopic (exact) mass is 370 g/mol. The SMILES string of the molecule is CCC(C)C(NC(=O)Cn1c(SC(F)F)nc2ccccc21)C(N)=O. The van der Waals surface area contributed by atoms with Crippen LogP contribution in [0.2, 0.25) is 0 Å². The van der Waals surface area contributed by atoms with Crippen LogP contribution in [0.25, 0.3) is 11.0 Å². The van der Waals surface area contributed by atoms with E-state index in [1.54, 1.807) is 31.2 Å². The molecule has 136 valence electrons. The molecule has 6 nitrogen and oxygen atoms in total. The first-order valence-corrected chi connectivity index (χ1v) is 8.70. The van der Waals surface area contributed by atoms with E-state index in [9.17, 15) is 18.4 Å². The summed E-state index contributed by atoms with van der Waals surface area (Å²) in [6, 6.07) is 6.05. The molecule has 25 heavy (non-hydrogen) atoms. The topological polar surface area (TPSA) is 90.0 Å². The molecule has 1 aromatic carbocycles. The predicted molar refractivity (Wildman–Crippen MR) is 92.2 cm³/mol. The van der Waals surface area contributed by atoms with Gasteiger partial charge in [0.25, 0.3) is 5.76 Å². The van der Waals surface area contributed by atoms with Crippen molar-refractivity contribution in [3.8, 4) is 0 Å². The highest BCUT2D eigenvalue weighted by Gasteiger charge is 2.25. The molecule has 2 unspecified atom stereocenters. The Kier molecular flexibility index (Phi) is 6.35. The largest absolute Gasteiger partial charge is 0.368 e. The second kappa shape index (κ2) is 8.28. The number of amides is 2. The molecule has 2 rings (SSSR count). The van der Waals surface area contributed by atoms with Gasteiger partial charge in [0, 0.05) is 0 Å². The lowest BCUT2D eigenvalue weighted by Gasteiger charge is -2.21. The van der Waals surface area contributed by atoms with Crippen LogP contribution in [-0.4, -0.2) is 33.2 Å². The van der Waals surface area contributed by atoms with Crippen LogP contribution in [0.4, 0.5) is 8.78 Å². The van der Waals surface area contributed by atoms with Gasteiger partial charge in [-0.1, -0.05) is 32.4 Å². The van der Waals surface area contributed by atoms with Crippen molar-refractivity contribution in [2.24, 2.45) is 11.7 Å². The van der Waals surface area contributed by atoms with Crippen molar-refractivity contribution in [3.05, 3.63) is 24.3 Å². The Morgan fingerprint density at radius 1 is 1.36 bits per heavy atom. The molecule has 0 fully saturated rings. The standard InChI is InChI=1S/C16H20F2N4O2S/c1-3-9(2)13(14(19)24)21-12(23)8-22-11-7-5-4-6-10(11)20-16(22)25-15(17)18/h4-7,9,13,15H,3,8H2,1-2H3,(H2,19,24)(H,21,23). The van der Waals surface area contributed by atoms with Gasteiger partial charge in [-0.15, -0.1) is 0 Å². The molecule has 9 heteroatoms. The van der Waals surface area contributed by atoms with Crippen LogP contribution in [0, 0.1) is 5.92 Å². The van der Waals surface area contributed by atoms with Crippen LogP contribution in [0.3, 0.4) is 0 Å². The molecule has 0 spiro atoms. The van der Waals surface area contributed by atoms with E-state index < -0.39 is 23.6 Å². The number of thioether (sulfide) groups is 1. The Bertz CT molecular complexity index is 766. The third-order valence-electron chi connectivity index (χ3n) is 3.95. The molecule has 2 amide bonds. The van der Waals surface area contributed by atoms with Crippen molar-refractivity contribution in [3.63, 3.8) is 0 Å². The molecule has 0 saturated carbocycles. The highest BCUT2D eigenvalue weighted by atomic mass is 32.2. The molecule has 0 radical (unpaired) electrons. The number of nitrogens with one attached hydrogen (secondary N) is 1. The smallest absolute Gasteiger partial charge is 0.291 e. The average Bonchev–Trinajstić information content (AvgIpc) is 2.88. The number of nitrogens with zero attached hydrogens (tertiary/aromatic N) is 2. The van der Waals surface area contributed by atoms with E-state index in [-0.39, 0.29) is 29.4 Å². The summed E-state index contributed by atoms with van der Waals surface area (Å²) in [4.78, 5) is 28.1. The minimum absolute atomic E-state index is 0.0468. The lowest BCUT2D eigenvalue weighted by atomic mass is 9.98. The first-order chi connectivity index (χ1) is 11.8. The molecule has 3 N–H and O–H groups in total. The first kappa shape index (κ1) is 19.2. The molecule has 2 atom stereocenters. The minimum atomic E-state index is -2.66. The van der Waals surface area contributed by atoms with Crippen molar-refractivity contribution < 1.29 is 18.4 Å². The van der Waals surface area contributed by atoms with Gasteiger partial charge in [0.15, 0.2) is 5.16 Å². The summed E-state index contributed by atoms with van der Waals surface area (Å²) in [6.45, 7) is 3.46. The fraction of sp³-hybridized carbons (Fsp3) is 0.438. The number of fused-ring (bicyclic) bond motifs is 1. The molecule has 0 bridgehead atoms. The molecule has 0 aliphatic rings. The number of aromatic nitrogens is 2. The van der Waals surface area contributed by atoms with E-state index >= 15 is 0 Å². The zero-order chi connectivity index (χ0) is 18.6. The summed E-state index contributed by atoms with van der Waals surface area (Å²) in [7, 11) is 0. The number of nitrogens with two attached hydrogens (primary N) is 1. The van der Waals surface area contributed by atoms with Crippen LogP contribution >= 0.6 is 11.8 Å². The van der Waals surface area contributed by atoms with Gasteiger partial charge in [-0.3, -0.25) is 9.59 Å². The fourth-order valence-electron chi connectivity index (χ4n) is 2.47. The molecular weight excluding hydrogens is 350 g/mol. The van der Waals surface area contributed by atoms with Gasteiger partial charge in [-0.25, -0.2) is 4.98 Å². The zero-order valence-electron chi connectivity index (χ0n) is 13.9. The number of primary amides is 1. The van der Waals surface area contributed by atoms with E-state index in [4.69, 9.17) is 5.73 Å². The Hall–Kier alpha value is -2.16. The summed E-state index contributed by atoms with van der Waals surface area (Å²) in [5, 5.41) is 2.64. The first-order valence-electron chi connectivity index (χ1n) is 7.82. The summed E-state index contributed by atoms with van der Waals surface area (Å²) < 4.78 is 27.0. The summed E-state index contributed by atoms with van der Waals surface area (Å²) in [5.41, 5.74) is 6.43. The zero-order valence-corrected chi connectivity index (χ0v) is 14.7. The van der Waals surface area contributed by atoms with Crippen molar-refractivity contribution in [1.29, 1.82) is 0 Å². The van der Waals surface area contributed by atoms with Gasteiger partial charge in [0.1, 0.15) is 12.6 Å². The van der Waals surface area contributed by atoms with Gasteiger partial charge in [0.2, 0.25) is 11.8 Å². The Morgan fingerprint density at radius 2 is 2.04 bits per heavy atom. The maximum Gasteiger partial charge on any atom is 0.291 e. The molecular formula is C16H20F2N4O2S. The number of rotatable bonds is 8. The Balaban J connectivity index is 2.26. The quantitative estimate of drug-likeness (QED) is 0.698. The third kappa shape index (κ3) is 4.68. The Morgan fingerprint density at radius 3 is 2.64 bits per heavy atom. The predicted octanol–water partition coefficient (Wildman–Crippen LogP) is 2.37. The molecule has 1 aromatic heterocycles. The number of alkyl halides is 2. The number of halogens is 2. The number of hydrogen-bond donors (Lipinski definition) is 2. The van der Waals surface area contributed by atoms with Crippen LogP contribution in [0.5, 0.6) is 0 Å². The lowest BCUT2D eigenvalue weighted by Crippen LogP contribution is -2.49. The molecule has 0 aliphatic heterocycles. The number of imidazole rings is 1. The van der Waals surface area contributed by atoms with Gasteiger partial charge in [-0.2, -0.15) is 8.78 Å². The van der Waals surface area contributed by atoms with E-state index in [0.717, 1.165) is 0 Å². The van der Waals surface area contributed by atoms with Crippen LogP contribution in [-0.2, 0) is 16.1 Å². The number of carbonyl (C=O) groups excluding carboxylic acids is 2. The Labute approximate surface area is 148 Å². The van der Waals surface area contributed by atoms with Gasteiger partial charge < -0.3 is 15.6 Å². The average molecular weight is 370 g/mol. The van der Waals surface area contributed by atoms with E-state index in [2.05, 4.69) is 10.3 Å². The number of carbonyl (C=O) groups is 2. The number of benzene rings is 1. The molecule has 1 heterocycles. The molecule has 0 saturated heterocycles. The van der Waals surface area contributed by atoms with Gasteiger partial charge >= 0.3 is 0 Å². The maximum atomic E-state index is 12.8. The second-order valence-corrected chi connectivity index (χ2v) is 6.64. The maximum absolute atomic E-state index is 12.8. The summed E-state index contributed by atoms with van der Waals surface area (Å²) in [5.74, 6) is -3.89. The molecule has 2 aromatic rings. The van der Waals surface area contributed by atoms with Crippen LogP contribution in [0.15, 0.2) is 29.4 Å². The fourth-order valence-corrected chi connectivity index (χ4v) is 3.07. The lowest BCUT2D eigenvalue weighted by molar-refractivity contribution is -0.128. The summed E-state index contributed by atoms with van der Waals surface area (Å²) in [6.07, 6.45) is 0.661. The normalized spacial score (nSPS) is 13.8. The molecule has 0 aliphatic carbocycles. The van der Waals surface area contributed by atoms with Crippen molar-refractivity contribution in [1.82, 2.24) is 14.9 Å². The van der Waals surface area contributed by atoms with Crippen LogP contribution in [0.1, 0.15) is 20.3 Å².